The quantitative estimate of drug-likeness (QED) is 0.712. The van der Waals surface area contributed by atoms with Crippen LogP contribution in [0.5, 0.6) is 0 Å². The lowest BCUT2D eigenvalue weighted by atomic mass is 9.76. The molecule has 2 aliphatic heterocycles. The van der Waals surface area contributed by atoms with Gasteiger partial charge in [-0.25, -0.2) is 4.79 Å². The molecule has 2 saturated heterocycles. The molecule has 0 saturated carbocycles. The zero-order valence-corrected chi connectivity index (χ0v) is 11.4. The van der Waals surface area contributed by atoms with Crippen LogP contribution in [0.1, 0.15) is 33.6 Å². The van der Waals surface area contributed by atoms with Gasteiger partial charge in [0.1, 0.15) is 5.60 Å². The monoisotopic (exact) mass is 257 g/mol. The number of carbonyl (C=O) groups is 1. The molecule has 0 aromatic rings. The molecular formula is C13H23NO4. The topological polar surface area (TPSA) is 59.0 Å². The Balaban J connectivity index is 1.89. The maximum atomic E-state index is 11.9. The summed E-state index contributed by atoms with van der Waals surface area (Å²) in [5, 5.41) is 9.96. The highest BCUT2D eigenvalue weighted by Gasteiger charge is 2.46. The van der Waals surface area contributed by atoms with Gasteiger partial charge in [-0.15, -0.1) is 0 Å². The molecule has 2 heterocycles. The van der Waals surface area contributed by atoms with Crippen molar-refractivity contribution in [2.24, 2.45) is 5.41 Å². The van der Waals surface area contributed by atoms with Crippen molar-refractivity contribution < 1.29 is 19.4 Å². The third-order valence-electron chi connectivity index (χ3n) is 3.78. The first-order chi connectivity index (χ1) is 8.32. The molecule has 2 fully saturated rings. The van der Waals surface area contributed by atoms with Gasteiger partial charge in [-0.1, -0.05) is 0 Å². The number of likely N-dealkylation sites (tertiary alicyclic amines) is 1. The molecule has 1 amide bonds. The fourth-order valence-electron chi connectivity index (χ4n) is 2.59. The number of aliphatic hydroxyl groups excluding tert-OH is 1. The second-order valence-corrected chi connectivity index (χ2v) is 6.36. The van der Waals surface area contributed by atoms with Crippen molar-refractivity contribution >= 4 is 6.09 Å². The van der Waals surface area contributed by atoms with E-state index in [-0.39, 0.29) is 11.5 Å². The van der Waals surface area contributed by atoms with Gasteiger partial charge in [0.25, 0.3) is 0 Å². The van der Waals surface area contributed by atoms with Gasteiger partial charge in [0, 0.05) is 18.5 Å². The summed E-state index contributed by atoms with van der Waals surface area (Å²) in [7, 11) is 0. The van der Waals surface area contributed by atoms with Gasteiger partial charge in [0.15, 0.2) is 0 Å². The van der Waals surface area contributed by atoms with Crippen molar-refractivity contribution in [1.29, 1.82) is 0 Å². The van der Waals surface area contributed by atoms with E-state index in [1.807, 2.05) is 20.8 Å². The van der Waals surface area contributed by atoms with Crippen molar-refractivity contribution in [2.75, 3.05) is 26.3 Å². The predicted octanol–water partition coefficient (Wildman–Crippen LogP) is 1.39. The van der Waals surface area contributed by atoms with Crippen LogP contribution in [0.4, 0.5) is 4.79 Å². The zero-order valence-electron chi connectivity index (χ0n) is 11.4. The molecule has 104 valence electrons. The molecule has 1 atom stereocenters. The molecule has 1 unspecified atom stereocenters. The molecule has 18 heavy (non-hydrogen) atoms. The van der Waals surface area contributed by atoms with Crippen molar-refractivity contribution in [1.82, 2.24) is 4.90 Å². The number of hydrogen-bond acceptors (Lipinski definition) is 4. The number of hydrogen-bond donors (Lipinski definition) is 1. The summed E-state index contributed by atoms with van der Waals surface area (Å²) in [4.78, 5) is 13.6. The molecule has 5 nitrogen and oxygen atoms in total. The lowest BCUT2D eigenvalue weighted by Crippen LogP contribution is -2.48. The Morgan fingerprint density at radius 3 is 2.44 bits per heavy atom. The predicted molar refractivity (Wildman–Crippen MR) is 66.3 cm³/mol. The summed E-state index contributed by atoms with van der Waals surface area (Å²) < 4.78 is 10.7. The average Bonchev–Trinajstić information content (AvgIpc) is 2.59. The van der Waals surface area contributed by atoms with Crippen LogP contribution in [0.25, 0.3) is 0 Å². The van der Waals surface area contributed by atoms with Crippen LogP contribution < -0.4 is 0 Å². The molecule has 0 radical (unpaired) electrons. The highest BCUT2D eigenvalue weighted by atomic mass is 16.6. The second kappa shape index (κ2) is 4.70. The summed E-state index contributed by atoms with van der Waals surface area (Å²) in [5.74, 6) is 0. The van der Waals surface area contributed by atoms with Gasteiger partial charge in [-0.05, 0) is 33.6 Å². The molecule has 1 spiro atoms. The van der Waals surface area contributed by atoms with Gasteiger partial charge < -0.3 is 19.5 Å². The van der Waals surface area contributed by atoms with Gasteiger partial charge in [0.05, 0.1) is 19.3 Å². The molecule has 1 N–H and O–H groups in total. The third kappa shape index (κ3) is 2.78. The second-order valence-electron chi connectivity index (χ2n) is 6.36. The summed E-state index contributed by atoms with van der Waals surface area (Å²) in [6.07, 6.45) is 0.921. The van der Waals surface area contributed by atoms with E-state index in [4.69, 9.17) is 9.47 Å². The molecule has 2 rings (SSSR count). The van der Waals surface area contributed by atoms with E-state index in [2.05, 4.69) is 0 Å². The highest BCUT2D eigenvalue weighted by Crippen LogP contribution is 2.39. The van der Waals surface area contributed by atoms with Crippen molar-refractivity contribution in [3.63, 3.8) is 0 Å². The Hall–Kier alpha value is -0.810. The van der Waals surface area contributed by atoms with Crippen molar-refractivity contribution in [2.45, 2.75) is 45.3 Å². The van der Waals surface area contributed by atoms with E-state index in [0.717, 1.165) is 12.8 Å². The number of aliphatic hydroxyl groups is 1. The fraction of sp³-hybridized carbons (Fsp3) is 0.923. The van der Waals surface area contributed by atoms with Crippen LogP contribution >= 0.6 is 0 Å². The normalized spacial score (nSPS) is 27.6. The minimum atomic E-state index is -0.456. The third-order valence-corrected chi connectivity index (χ3v) is 3.78. The highest BCUT2D eigenvalue weighted by molar-refractivity contribution is 5.68. The first-order valence-corrected chi connectivity index (χ1v) is 6.56. The van der Waals surface area contributed by atoms with Crippen LogP contribution in [0.3, 0.4) is 0 Å². The van der Waals surface area contributed by atoms with E-state index in [0.29, 0.717) is 26.3 Å². The van der Waals surface area contributed by atoms with E-state index >= 15 is 0 Å². The summed E-state index contributed by atoms with van der Waals surface area (Å²) in [6.45, 7) is 7.90. The van der Waals surface area contributed by atoms with Crippen molar-refractivity contribution in [3.05, 3.63) is 0 Å². The Morgan fingerprint density at radius 1 is 1.39 bits per heavy atom. The lowest BCUT2D eigenvalue weighted by molar-refractivity contribution is -0.0119. The first-order valence-electron chi connectivity index (χ1n) is 6.56. The van der Waals surface area contributed by atoms with Crippen molar-refractivity contribution in [3.8, 4) is 0 Å². The van der Waals surface area contributed by atoms with Crippen LogP contribution in [0, 0.1) is 5.41 Å². The number of carbonyl (C=O) groups excluding carboxylic acids is 1. The molecular weight excluding hydrogens is 234 g/mol. The average molecular weight is 257 g/mol. The Bertz CT molecular complexity index is 315. The summed E-state index contributed by atoms with van der Waals surface area (Å²) in [6, 6.07) is 0. The van der Waals surface area contributed by atoms with Gasteiger partial charge >= 0.3 is 6.09 Å². The van der Waals surface area contributed by atoms with Gasteiger partial charge in [0.2, 0.25) is 0 Å². The van der Waals surface area contributed by atoms with E-state index in [9.17, 15) is 9.90 Å². The van der Waals surface area contributed by atoms with E-state index in [1.165, 1.54) is 0 Å². The molecule has 0 bridgehead atoms. The first kappa shape index (κ1) is 13.6. The van der Waals surface area contributed by atoms with Crippen LogP contribution in [0.2, 0.25) is 0 Å². The molecule has 0 aromatic carbocycles. The number of piperidine rings is 1. The van der Waals surface area contributed by atoms with Gasteiger partial charge in [-0.3, -0.25) is 0 Å². The smallest absolute Gasteiger partial charge is 0.410 e. The zero-order chi connectivity index (χ0) is 13.4. The minimum absolute atomic E-state index is 0.140. The number of ether oxygens (including phenoxy) is 2. The largest absolute Gasteiger partial charge is 0.444 e. The molecule has 2 aliphatic rings. The van der Waals surface area contributed by atoms with Crippen LogP contribution in [-0.2, 0) is 9.47 Å². The standard InChI is InChI=1S/C13H23NO4/c1-12(2,3)18-11(16)14-6-4-13(5-7-14)9-17-8-10(13)15/h10,15H,4-9H2,1-3H3. The number of amides is 1. The van der Waals surface area contributed by atoms with Crippen LogP contribution in [-0.4, -0.2) is 54.1 Å². The van der Waals surface area contributed by atoms with E-state index in [1.54, 1.807) is 4.90 Å². The maximum absolute atomic E-state index is 11.9. The maximum Gasteiger partial charge on any atom is 0.410 e. The summed E-state index contributed by atoms with van der Waals surface area (Å²) in [5.41, 5.74) is -0.597. The fourth-order valence-corrected chi connectivity index (χ4v) is 2.59. The van der Waals surface area contributed by atoms with E-state index < -0.39 is 11.7 Å². The van der Waals surface area contributed by atoms with Crippen LogP contribution in [0.15, 0.2) is 0 Å². The molecule has 5 heteroatoms. The SMILES string of the molecule is CC(C)(C)OC(=O)N1CCC2(CC1)COCC2O. The molecule has 0 aromatic heterocycles. The minimum Gasteiger partial charge on any atom is -0.444 e. The number of rotatable bonds is 0. The Morgan fingerprint density at radius 2 is 2.00 bits per heavy atom. The molecule has 0 aliphatic carbocycles. The number of nitrogens with zero attached hydrogens (tertiary/aromatic N) is 1. The Labute approximate surface area is 108 Å². The Kier molecular flexibility index (Phi) is 3.56. The summed E-state index contributed by atoms with van der Waals surface area (Å²) >= 11 is 0. The lowest BCUT2D eigenvalue weighted by Gasteiger charge is -2.40. The van der Waals surface area contributed by atoms with Gasteiger partial charge in [-0.2, -0.15) is 0 Å².